The van der Waals surface area contributed by atoms with Crippen molar-refractivity contribution in [2.45, 2.75) is 0 Å². The third-order valence-electron chi connectivity index (χ3n) is 2.20. The smallest absolute Gasteiger partial charge is 0.168 e. The number of carbonyl (C=O) groups is 1. The normalized spacial score (nSPS) is 10.3. The molecule has 0 aliphatic rings. The molecule has 0 radical (unpaired) electrons. The highest BCUT2D eigenvalue weighted by Gasteiger charge is 2.12. The van der Waals surface area contributed by atoms with E-state index in [2.05, 4.69) is 4.98 Å². The summed E-state index contributed by atoms with van der Waals surface area (Å²) in [6.07, 6.45) is 0.651. The van der Waals surface area contributed by atoms with E-state index in [-0.39, 0.29) is 0 Å². The molecule has 1 aromatic heterocycles. The maximum absolute atomic E-state index is 10.7. The molecule has 2 rings (SSSR count). The molecule has 17 heavy (non-hydrogen) atoms. The van der Waals surface area contributed by atoms with E-state index in [1.54, 1.807) is 24.3 Å². The second kappa shape index (κ2) is 5.05. The highest BCUT2D eigenvalue weighted by molar-refractivity contribution is 6.44. The van der Waals surface area contributed by atoms with Gasteiger partial charge in [-0.05, 0) is 18.2 Å². The summed E-state index contributed by atoms with van der Waals surface area (Å²) in [5.41, 5.74) is 1.34. The molecule has 0 saturated carbocycles. The van der Waals surface area contributed by atoms with Crippen molar-refractivity contribution in [3.63, 3.8) is 0 Å². The minimum atomic E-state index is 0.292. The number of aldehydes is 1. The molecular formula is C12H6Cl3NO. The number of pyridine rings is 1. The van der Waals surface area contributed by atoms with Crippen molar-refractivity contribution >= 4 is 41.1 Å². The average Bonchev–Trinajstić information content (AvgIpc) is 2.34. The SMILES string of the molecule is O=Cc1ccc(Cl)c(-c2cccc(Cl)c2Cl)n1. The fourth-order valence-corrected chi connectivity index (χ4v) is 2.00. The van der Waals surface area contributed by atoms with E-state index >= 15 is 0 Å². The number of aromatic nitrogens is 1. The van der Waals surface area contributed by atoms with Gasteiger partial charge in [0.2, 0.25) is 0 Å². The maximum atomic E-state index is 10.7. The third kappa shape index (κ3) is 2.44. The average molecular weight is 287 g/mol. The minimum absolute atomic E-state index is 0.292. The summed E-state index contributed by atoms with van der Waals surface area (Å²) in [7, 11) is 0. The van der Waals surface area contributed by atoms with Crippen molar-refractivity contribution in [2.24, 2.45) is 0 Å². The van der Waals surface area contributed by atoms with Gasteiger partial charge in [0.1, 0.15) is 5.69 Å². The van der Waals surface area contributed by atoms with Gasteiger partial charge < -0.3 is 0 Å². The summed E-state index contributed by atoms with van der Waals surface area (Å²) in [6.45, 7) is 0. The summed E-state index contributed by atoms with van der Waals surface area (Å²) >= 11 is 18.0. The Kier molecular flexibility index (Phi) is 3.67. The first-order valence-corrected chi connectivity index (χ1v) is 5.83. The van der Waals surface area contributed by atoms with Gasteiger partial charge in [0, 0.05) is 5.56 Å². The van der Waals surface area contributed by atoms with Gasteiger partial charge in [0.15, 0.2) is 6.29 Å². The Morgan fingerprint density at radius 3 is 2.47 bits per heavy atom. The van der Waals surface area contributed by atoms with E-state index in [4.69, 9.17) is 34.8 Å². The van der Waals surface area contributed by atoms with Crippen LogP contribution in [0.15, 0.2) is 30.3 Å². The van der Waals surface area contributed by atoms with Gasteiger partial charge >= 0.3 is 0 Å². The van der Waals surface area contributed by atoms with Gasteiger partial charge in [0.05, 0.1) is 20.8 Å². The van der Waals surface area contributed by atoms with Crippen LogP contribution >= 0.6 is 34.8 Å². The number of carbonyl (C=O) groups excluding carboxylic acids is 1. The van der Waals surface area contributed by atoms with Crippen LogP contribution in [0.25, 0.3) is 11.3 Å². The molecule has 0 N–H and O–H groups in total. The van der Waals surface area contributed by atoms with Crippen LogP contribution in [0.2, 0.25) is 15.1 Å². The van der Waals surface area contributed by atoms with E-state index in [0.717, 1.165) is 0 Å². The van der Waals surface area contributed by atoms with Crippen LogP contribution in [0.1, 0.15) is 10.5 Å². The van der Waals surface area contributed by atoms with Crippen LogP contribution in [-0.4, -0.2) is 11.3 Å². The number of nitrogens with zero attached hydrogens (tertiary/aromatic N) is 1. The lowest BCUT2D eigenvalue weighted by Crippen LogP contribution is -1.92. The lowest BCUT2D eigenvalue weighted by Gasteiger charge is -2.07. The van der Waals surface area contributed by atoms with Gasteiger partial charge in [-0.3, -0.25) is 4.79 Å². The number of halogens is 3. The Hall–Kier alpha value is -1.09. The molecule has 0 unspecified atom stereocenters. The van der Waals surface area contributed by atoms with Crippen LogP contribution in [0.5, 0.6) is 0 Å². The first-order chi connectivity index (χ1) is 8.13. The molecule has 0 amide bonds. The predicted molar refractivity (Wildman–Crippen MR) is 70.1 cm³/mol. The van der Waals surface area contributed by atoms with Gasteiger partial charge in [-0.25, -0.2) is 4.98 Å². The highest BCUT2D eigenvalue weighted by Crippen LogP contribution is 2.35. The second-order valence-electron chi connectivity index (χ2n) is 3.29. The topological polar surface area (TPSA) is 30.0 Å². The number of hydrogen-bond donors (Lipinski definition) is 0. The van der Waals surface area contributed by atoms with Crippen molar-refractivity contribution in [1.29, 1.82) is 0 Å². The molecule has 0 aliphatic carbocycles. The van der Waals surface area contributed by atoms with E-state index in [1.165, 1.54) is 6.07 Å². The van der Waals surface area contributed by atoms with Crippen molar-refractivity contribution in [3.8, 4) is 11.3 Å². The summed E-state index contributed by atoms with van der Waals surface area (Å²) in [6, 6.07) is 8.30. The molecule has 5 heteroatoms. The predicted octanol–water partition coefficient (Wildman–Crippen LogP) is 4.52. The quantitative estimate of drug-likeness (QED) is 0.760. The first-order valence-electron chi connectivity index (χ1n) is 4.69. The lowest BCUT2D eigenvalue weighted by molar-refractivity contribution is 0.111. The summed E-state index contributed by atoms with van der Waals surface area (Å²) < 4.78 is 0. The molecule has 1 aromatic carbocycles. The zero-order chi connectivity index (χ0) is 12.4. The van der Waals surface area contributed by atoms with Crippen molar-refractivity contribution in [3.05, 3.63) is 51.1 Å². The van der Waals surface area contributed by atoms with Crippen LogP contribution < -0.4 is 0 Å². The minimum Gasteiger partial charge on any atom is -0.296 e. The zero-order valence-electron chi connectivity index (χ0n) is 8.45. The lowest BCUT2D eigenvalue weighted by atomic mass is 10.1. The first kappa shape index (κ1) is 12.4. The molecular weight excluding hydrogens is 280 g/mol. The zero-order valence-corrected chi connectivity index (χ0v) is 10.7. The molecule has 0 aliphatic heterocycles. The van der Waals surface area contributed by atoms with Gasteiger partial charge in [-0.15, -0.1) is 0 Å². The Balaban J connectivity index is 2.67. The van der Waals surface area contributed by atoms with Crippen molar-refractivity contribution in [2.75, 3.05) is 0 Å². The number of benzene rings is 1. The molecule has 0 saturated heterocycles. The molecule has 2 nitrogen and oxygen atoms in total. The van der Waals surface area contributed by atoms with Gasteiger partial charge in [-0.1, -0.05) is 46.9 Å². The molecule has 86 valence electrons. The van der Waals surface area contributed by atoms with E-state index in [1.807, 2.05) is 0 Å². The Morgan fingerprint density at radius 2 is 1.76 bits per heavy atom. The fraction of sp³-hybridized carbons (Fsp3) is 0. The van der Waals surface area contributed by atoms with Crippen LogP contribution in [0, 0.1) is 0 Å². The third-order valence-corrected chi connectivity index (χ3v) is 3.32. The Bertz CT molecular complexity index is 584. The molecule has 2 aromatic rings. The molecule has 1 heterocycles. The summed E-state index contributed by atoms with van der Waals surface area (Å²) in [5.74, 6) is 0. The van der Waals surface area contributed by atoms with E-state index < -0.39 is 0 Å². The number of rotatable bonds is 2. The van der Waals surface area contributed by atoms with Crippen molar-refractivity contribution in [1.82, 2.24) is 4.98 Å². The second-order valence-corrected chi connectivity index (χ2v) is 4.48. The van der Waals surface area contributed by atoms with E-state index in [9.17, 15) is 4.79 Å². The standard InChI is InChI=1S/C12H6Cl3NO/c13-9-3-1-2-8(11(9)15)12-10(14)5-4-7(6-17)16-12/h1-6H. The van der Waals surface area contributed by atoms with Gasteiger partial charge in [-0.2, -0.15) is 0 Å². The van der Waals surface area contributed by atoms with Crippen molar-refractivity contribution < 1.29 is 4.79 Å². The molecule has 0 bridgehead atoms. The number of hydrogen-bond acceptors (Lipinski definition) is 2. The fourth-order valence-electron chi connectivity index (χ4n) is 1.40. The molecule has 0 atom stereocenters. The maximum Gasteiger partial charge on any atom is 0.168 e. The Labute approximate surface area is 113 Å². The van der Waals surface area contributed by atoms with Crippen LogP contribution in [0.3, 0.4) is 0 Å². The summed E-state index contributed by atoms with van der Waals surface area (Å²) in [5, 5.41) is 1.20. The molecule has 0 spiro atoms. The van der Waals surface area contributed by atoms with Crippen LogP contribution in [0.4, 0.5) is 0 Å². The monoisotopic (exact) mass is 285 g/mol. The summed E-state index contributed by atoms with van der Waals surface area (Å²) in [4.78, 5) is 14.8. The molecule has 0 fully saturated rings. The largest absolute Gasteiger partial charge is 0.296 e. The van der Waals surface area contributed by atoms with E-state index in [0.29, 0.717) is 38.3 Å². The highest BCUT2D eigenvalue weighted by atomic mass is 35.5. The van der Waals surface area contributed by atoms with Gasteiger partial charge in [0.25, 0.3) is 0 Å². The van der Waals surface area contributed by atoms with Crippen LogP contribution in [-0.2, 0) is 0 Å². The Morgan fingerprint density at radius 1 is 1.00 bits per heavy atom.